The van der Waals surface area contributed by atoms with Gasteiger partial charge in [0.25, 0.3) is 0 Å². The van der Waals surface area contributed by atoms with Crippen LogP contribution < -0.4 is 4.74 Å². The number of ether oxygens (including phenoxy) is 1. The van der Waals surface area contributed by atoms with Crippen molar-refractivity contribution in [2.24, 2.45) is 0 Å². The number of nitrogens with zero attached hydrogens (tertiary/aromatic N) is 1. The molecule has 6 heteroatoms. The number of aryl methyl sites for hydroxylation is 1. The first-order valence-electron chi connectivity index (χ1n) is 5.13. The molecular weight excluding hydrogens is 274 g/mol. The Hall–Kier alpha value is -1.59. The second kappa shape index (κ2) is 5.37. The molecule has 2 rings (SSSR count). The molecule has 0 aliphatic rings. The number of benzene rings is 1. The molecule has 0 saturated heterocycles. The topological polar surface area (TPSA) is 59.4 Å². The van der Waals surface area contributed by atoms with E-state index in [0.717, 1.165) is 9.88 Å². The molecule has 4 nitrogen and oxygen atoms in total. The average Bonchev–Trinajstić information content (AvgIpc) is 2.73. The van der Waals surface area contributed by atoms with Gasteiger partial charge in [-0.2, -0.15) is 0 Å². The molecule has 18 heavy (non-hydrogen) atoms. The Kier molecular flexibility index (Phi) is 3.84. The molecule has 0 saturated carbocycles. The van der Waals surface area contributed by atoms with Gasteiger partial charge in [0.1, 0.15) is 12.4 Å². The van der Waals surface area contributed by atoms with Crippen LogP contribution >= 0.6 is 22.9 Å². The lowest BCUT2D eigenvalue weighted by atomic mass is 10.2. The molecule has 0 spiro atoms. The van der Waals surface area contributed by atoms with Crippen molar-refractivity contribution in [3.8, 4) is 5.75 Å². The quantitative estimate of drug-likeness (QED) is 0.934. The molecule has 1 aromatic carbocycles. The first kappa shape index (κ1) is 12.9. The molecular formula is C12H10ClNO3S. The van der Waals surface area contributed by atoms with Gasteiger partial charge in [-0.25, -0.2) is 9.78 Å². The number of hydrogen-bond acceptors (Lipinski definition) is 4. The summed E-state index contributed by atoms with van der Waals surface area (Å²) in [6.07, 6.45) is 1.75. The van der Waals surface area contributed by atoms with Crippen LogP contribution in [0.15, 0.2) is 24.4 Å². The van der Waals surface area contributed by atoms with Crippen molar-refractivity contribution in [3.05, 3.63) is 44.9 Å². The van der Waals surface area contributed by atoms with E-state index in [4.69, 9.17) is 21.4 Å². The van der Waals surface area contributed by atoms with Gasteiger partial charge < -0.3 is 9.84 Å². The molecule has 0 atom stereocenters. The molecule has 1 N–H and O–H groups in total. The summed E-state index contributed by atoms with van der Waals surface area (Å²) in [5.41, 5.74) is 0.140. The Bertz CT molecular complexity index is 582. The van der Waals surface area contributed by atoms with Gasteiger partial charge >= 0.3 is 5.97 Å². The van der Waals surface area contributed by atoms with Gasteiger partial charge in [-0.05, 0) is 25.1 Å². The van der Waals surface area contributed by atoms with Gasteiger partial charge in [-0.3, -0.25) is 0 Å². The second-order valence-corrected chi connectivity index (χ2v) is 5.31. The maximum atomic E-state index is 10.7. The first-order valence-corrected chi connectivity index (χ1v) is 6.32. The van der Waals surface area contributed by atoms with E-state index in [1.165, 1.54) is 12.1 Å². The summed E-state index contributed by atoms with van der Waals surface area (Å²) in [5.74, 6) is -0.547. The standard InChI is InChI=1S/C12H10ClNO3S/c1-7-14-5-9(18-7)6-17-11-3-2-8(12(15)16)4-10(11)13/h2-5H,6H2,1H3,(H,15,16). The zero-order valence-electron chi connectivity index (χ0n) is 9.51. The maximum Gasteiger partial charge on any atom is 0.335 e. The number of thiazole rings is 1. The highest BCUT2D eigenvalue weighted by Crippen LogP contribution is 2.27. The van der Waals surface area contributed by atoms with Crippen molar-refractivity contribution in [2.45, 2.75) is 13.5 Å². The van der Waals surface area contributed by atoms with E-state index >= 15 is 0 Å². The van der Waals surface area contributed by atoms with Crippen molar-refractivity contribution in [3.63, 3.8) is 0 Å². The summed E-state index contributed by atoms with van der Waals surface area (Å²) in [6.45, 7) is 2.29. The van der Waals surface area contributed by atoms with Gasteiger partial charge in [-0.15, -0.1) is 11.3 Å². The lowest BCUT2D eigenvalue weighted by Crippen LogP contribution is -1.98. The number of rotatable bonds is 4. The van der Waals surface area contributed by atoms with Crippen LogP contribution in [-0.2, 0) is 6.61 Å². The van der Waals surface area contributed by atoms with Crippen molar-refractivity contribution >= 4 is 28.9 Å². The number of aromatic carboxylic acids is 1. The van der Waals surface area contributed by atoms with Crippen LogP contribution in [0.2, 0.25) is 5.02 Å². The fraction of sp³-hybridized carbons (Fsp3) is 0.167. The van der Waals surface area contributed by atoms with Crippen LogP contribution in [0.5, 0.6) is 5.75 Å². The molecule has 1 heterocycles. The molecule has 0 radical (unpaired) electrons. The highest BCUT2D eigenvalue weighted by molar-refractivity contribution is 7.11. The predicted molar refractivity (Wildman–Crippen MR) is 69.6 cm³/mol. The Morgan fingerprint density at radius 3 is 2.89 bits per heavy atom. The monoisotopic (exact) mass is 283 g/mol. The van der Waals surface area contributed by atoms with E-state index in [-0.39, 0.29) is 10.6 Å². The molecule has 0 aliphatic heterocycles. The van der Waals surface area contributed by atoms with Gasteiger partial charge in [0.2, 0.25) is 0 Å². The van der Waals surface area contributed by atoms with Gasteiger partial charge in [0.15, 0.2) is 0 Å². The van der Waals surface area contributed by atoms with Crippen LogP contribution in [-0.4, -0.2) is 16.1 Å². The SMILES string of the molecule is Cc1ncc(COc2ccc(C(=O)O)cc2Cl)s1. The van der Waals surface area contributed by atoms with Gasteiger partial charge in [0.05, 0.1) is 20.5 Å². The van der Waals surface area contributed by atoms with E-state index in [1.807, 2.05) is 6.92 Å². The largest absolute Gasteiger partial charge is 0.486 e. The number of carboxylic acids is 1. The zero-order valence-corrected chi connectivity index (χ0v) is 11.1. The molecule has 2 aromatic rings. The normalized spacial score (nSPS) is 10.3. The highest BCUT2D eigenvalue weighted by Gasteiger charge is 2.08. The zero-order chi connectivity index (χ0) is 13.1. The minimum atomic E-state index is -1.01. The second-order valence-electron chi connectivity index (χ2n) is 3.58. The molecule has 94 valence electrons. The molecule has 0 amide bonds. The third-order valence-corrected chi connectivity index (χ3v) is 3.40. The van der Waals surface area contributed by atoms with Crippen molar-refractivity contribution in [2.75, 3.05) is 0 Å². The number of hydrogen-bond donors (Lipinski definition) is 1. The minimum absolute atomic E-state index is 0.140. The Morgan fingerprint density at radius 2 is 2.33 bits per heavy atom. The Labute approximate surface area is 113 Å². The van der Waals surface area contributed by atoms with Gasteiger partial charge in [0, 0.05) is 6.20 Å². The summed E-state index contributed by atoms with van der Waals surface area (Å²) >= 11 is 7.49. The number of aromatic nitrogens is 1. The van der Waals surface area contributed by atoms with E-state index in [2.05, 4.69) is 4.98 Å². The van der Waals surface area contributed by atoms with E-state index in [1.54, 1.807) is 23.6 Å². The molecule has 0 bridgehead atoms. The molecule has 0 aliphatic carbocycles. The lowest BCUT2D eigenvalue weighted by molar-refractivity contribution is 0.0697. The number of carbonyl (C=O) groups is 1. The molecule has 0 unspecified atom stereocenters. The van der Waals surface area contributed by atoms with Crippen molar-refractivity contribution < 1.29 is 14.6 Å². The fourth-order valence-corrected chi connectivity index (χ4v) is 2.32. The summed E-state index contributed by atoms with van der Waals surface area (Å²) in [4.78, 5) is 15.8. The van der Waals surface area contributed by atoms with Gasteiger partial charge in [-0.1, -0.05) is 11.6 Å². The van der Waals surface area contributed by atoms with Crippen LogP contribution in [0.4, 0.5) is 0 Å². The average molecular weight is 284 g/mol. The summed E-state index contributed by atoms with van der Waals surface area (Å²) in [6, 6.07) is 4.39. The molecule has 0 fully saturated rings. The van der Waals surface area contributed by atoms with Crippen molar-refractivity contribution in [1.29, 1.82) is 0 Å². The van der Waals surface area contributed by atoms with Crippen LogP contribution in [0, 0.1) is 6.92 Å². The van der Waals surface area contributed by atoms with Crippen LogP contribution in [0.25, 0.3) is 0 Å². The highest BCUT2D eigenvalue weighted by atomic mass is 35.5. The smallest absolute Gasteiger partial charge is 0.335 e. The number of carboxylic acid groups (broad SMARTS) is 1. The van der Waals surface area contributed by atoms with E-state index in [9.17, 15) is 4.79 Å². The van der Waals surface area contributed by atoms with Crippen LogP contribution in [0.1, 0.15) is 20.2 Å². The lowest BCUT2D eigenvalue weighted by Gasteiger charge is -2.07. The summed E-state index contributed by atoms with van der Waals surface area (Å²) in [7, 11) is 0. The Morgan fingerprint density at radius 1 is 1.56 bits per heavy atom. The summed E-state index contributed by atoms with van der Waals surface area (Å²) < 4.78 is 5.52. The number of halogens is 1. The predicted octanol–water partition coefficient (Wildman–Crippen LogP) is 3.38. The van der Waals surface area contributed by atoms with E-state index < -0.39 is 5.97 Å². The fourth-order valence-electron chi connectivity index (χ4n) is 1.37. The minimum Gasteiger partial charge on any atom is -0.486 e. The van der Waals surface area contributed by atoms with Crippen LogP contribution in [0.3, 0.4) is 0 Å². The maximum absolute atomic E-state index is 10.7. The van der Waals surface area contributed by atoms with E-state index in [0.29, 0.717) is 12.4 Å². The molecule has 1 aromatic heterocycles. The first-order chi connectivity index (χ1) is 8.56. The van der Waals surface area contributed by atoms with Crippen molar-refractivity contribution in [1.82, 2.24) is 4.98 Å². The third-order valence-electron chi connectivity index (χ3n) is 2.22. The Balaban J connectivity index is 2.08. The summed E-state index contributed by atoms with van der Waals surface area (Å²) in [5, 5.41) is 10.1. The third kappa shape index (κ3) is 3.00.